The summed E-state index contributed by atoms with van der Waals surface area (Å²) < 4.78 is 4.61. The van der Waals surface area contributed by atoms with E-state index in [9.17, 15) is 4.79 Å². The fraction of sp³-hybridized carbons (Fsp3) is 0.500. The molecule has 0 atom stereocenters. The van der Waals surface area contributed by atoms with Gasteiger partial charge in [-0.3, -0.25) is 4.79 Å². The Bertz CT molecular complexity index is 351. The van der Waals surface area contributed by atoms with Crippen LogP contribution in [0.25, 0.3) is 0 Å². The first-order valence-corrected chi connectivity index (χ1v) is 4.75. The van der Waals surface area contributed by atoms with Crippen LogP contribution in [0.2, 0.25) is 0 Å². The SMILES string of the molecule is CC(C)N(CCC#N)C(=O)c1ccon1. The van der Waals surface area contributed by atoms with E-state index < -0.39 is 0 Å². The topological polar surface area (TPSA) is 70.1 Å². The average molecular weight is 207 g/mol. The van der Waals surface area contributed by atoms with Gasteiger partial charge in [0.1, 0.15) is 6.26 Å². The van der Waals surface area contributed by atoms with Crippen LogP contribution in [-0.4, -0.2) is 28.6 Å². The molecule has 0 saturated carbocycles. The molecule has 80 valence electrons. The predicted molar refractivity (Wildman–Crippen MR) is 52.9 cm³/mol. The number of carbonyl (C=O) groups excluding carboxylic acids is 1. The highest BCUT2D eigenvalue weighted by molar-refractivity contribution is 5.92. The highest BCUT2D eigenvalue weighted by atomic mass is 16.5. The van der Waals surface area contributed by atoms with Gasteiger partial charge in [0, 0.05) is 18.7 Å². The zero-order chi connectivity index (χ0) is 11.3. The number of aromatic nitrogens is 1. The first-order valence-electron chi connectivity index (χ1n) is 4.75. The van der Waals surface area contributed by atoms with Gasteiger partial charge in [-0.25, -0.2) is 0 Å². The van der Waals surface area contributed by atoms with Crippen LogP contribution in [0.5, 0.6) is 0 Å². The lowest BCUT2D eigenvalue weighted by Gasteiger charge is -2.24. The molecule has 0 bridgehead atoms. The van der Waals surface area contributed by atoms with E-state index in [-0.39, 0.29) is 17.6 Å². The minimum absolute atomic E-state index is 0.0440. The summed E-state index contributed by atoms with van der Waals surface area (Å²) in [7, 11) is 0. The molecule has 1 rings (SSSR count). The molecule has 15 heavy (non-hydrogen) atoms. The van der Waals surface area contributed by atoms with Crippen LogP contribution < -0.4 is 0 Å². The van der Waals surface area contributed by atoms with Gasteiger partial charge in [0.05, 0.1) is 12.5 Å². The van der Waals surface area contributed by atoms with E-state index >= 15 is 0 Å². The van der Waals surface area contributed by atoms with Gasteiger partial charge >= 0.3 is 0 Å². The molecule has 0 fully saturated rings. The van der Waals surface area contributed by atoms with Gasteiger partial charge in [-0.15, -0.1) is 0 Å². The quantitative estimate of drug-likeness (QED) is 0.749. The van der Waals surface area contributed by atoms with E-state index in [0.29, 0.717) is 13.0 Å². The van der Waals surface area contributed by atoms with Crippen LogP contribution in [0, 0.1) is 11.3 Å². The molecule has 5 heteroatoms. The third kappa shape index (κ3) is 2.81. The van der Waals surface area contributed by atoms with E-state index in [2.05, 4.69) is 9.68 Å². The Morgan fingerprint density at radius 2 is 2.47 bits per heavy atom. The summed E-state index contributed by atoms with van der Waals surface area (Å²) in [5, 5.41) is 12.1. The molecule has 0 N–H and O–H groups in total. The number of rotatable bonds is 4. The summed E-state index contributed by atoms with van der Waals surface area (Å²) in [4.78, 5) is 13.4. The molecule has 1 amide bonds. The fourth-order valence-electron chi connectivity index (χ4n) is 1.23. The van der Waals surface area contributed by atoms with E-state index in [0.717, 1.165) is 0 Å². The van der Waals surface area contributed by atoms with Gasteiger partial charge in [0.15, 0.2) is 5.69 Å². The molecule has 1 heterocycles. The van der Waals surface area contributed by atoms with Crippen LogP contribution in [-0.2, 0) is 0 Å². The maximum absolute atomic E-state index is 11.8. The molecule has 0 unspecified atom stereocenters. The van der Waals surface area contributed by atoms with Gasteiger partial charge in [-0.1, -0.05) is 5.16 Å². The Morgan fingerprint density at radius 1 is 1.73 bits per heavy atom. The summed E-state index contributed by atoms with van der Waals surface area (Å²) in [5.74, 6) is -0.200. The van der Waals surface area contributed by atoms with E-state index in [1.165, 1.54) is 12.3 Å². The summed E-state index contributed by atoms with van der Waals surface area (Å²) in [6.45, 7) is 4.21. The monoisotopic (exact) mass is 207 g/mol. The van der Waals surface area contributed by atoms with E-state index in [1.54, 1.807) is 4.90 Å². The third-order valence-corrected chi connectivity index (χ3v) is 2.01. The van der Waals surface area contributed by atoms with Crippen LogP contribution in [0.15, 0.2) is 16.9 Å². The molecule has 0 aliphatic heterocycles. The number of nitrogens with zero attached hydrogens (tertiary/aromatic N) is 3. The Morgan fingerprint density at radius 3 is 2.93 bits per heavy atom. The van der Waals surface area contributed by atoms with Gasteiger partial charge in [-0.2, -0.15) is 5.26 Å². The van der Waals surface area contributed by atoms with Crippen molar-refractivity contribution in [2.24, 2.45) is 0 Å². The lowest BCUT2D eigenvalue weighted by atomic mass is 10.2. The van der Waals surface area contributed by atoms with Crippen molar-refractivity contribution in [1.82, 2.24) is 10.1 Å². The molecule has 0 saturated heterocycles. The molecule has 1 aromatic heterocycles. The standard InChI is InChI=1S/C10H13N3O2/c1-8(2)13(6-3-5-11)10(14)9-4-7-15-12-9/h4,7-8H,3,6H2,1-2H3. The Balaban J connectivity index is 2.73. The zero-order valence-corrected chi connectivity index (χ0v) is 8.80. The highest BCUT2D eigenvalue weighted by Crippen LogP contribution is 2.07. The van der Waals surface area contributed by atoms with Gasteiger partial charge in [0.25, 0.3) is 5.91 Å². The minimum Gasteiger partial charge on any atom is -0.364 e. The van der Waals surface area contributed by atoms with E-state index in [4.69, 9.17) is 5.26 Å². The van der Waals surface area contributed by atoms with Crippen LogP contribution in [0.3, 0.4) is 0 Å². The zero-order valence-electron chi connectivity index (χ0n) is 8.80. The summed E-state index contributed by atoms with van der Waals surface area (Å²) in [6, 6.07) is 3.58. The smallest absolute Gasteiger partial charge is 0.276 e. The fourth-order valence-corrected chi connectivity index (χ4v) is 1.23. The molecule has 0 aromatic carbocycles. The van der Waals surface area contributed by atoms with Crippen molar-refractivity contribution in [3.8, 4) is 6.07 Å². The first-order chi connectivity index (χ1) is 7.16. The summed E-state index contributed by atoms with van der Waals surface area (Å²) in [6.07, 6.45) is 1.68. The molecule has 1 aromatic rings. The molecular formula is C10H13N3O2. The van der Waals surface area contributed by atoms with Crippen molar-refractivity contribution < 1.29 is 9.32 Å². The number of nitriles is 1. The van der Waals surface area contributed by atoms with Crippen molar-refractivity contribution in [1.29, 1.82) is 5.26 Å². The maximum Gasteiger partial charge on any atom is 0.276 e. The molecule has 0 aliphatic carbocycles. The molecule has 0 aliphatic rings. The maximum atomic E-state index is 11.8. The predicted octanol–water partition coefficient (Wildman–Crippen LogP) is 1.44. The van der Waals surface area contributed by atoms with Crippen LogP contribution in [0.1, 0.15) is 30.8 Å². The highest BCUT2D eigenvalue weighted by Gasteiger charge is 2.20. The molecule has 5 nitrogen and oxygen atoms in total. The molecular weight excluding hydrogens is 194 g/mol. The average Bonchev–Trinajstić information content (AvgIpc) is 2.70. The lowest BCUT2D eigenvalue weighted by Crippen LogP contribution is -2.37. The second-order valence-corrected chi connectivity index (χ2v) is 3.39. The van der Waals surface area contributed by atoms with Gasteiger partial charge < -0.3 is 9.42 Å². The Labute approximate surface area is 88.3 Å². The largest absolute Gasteiger partial charge is 0.364 e. The minimum atomic E-state index is -0.200. The van der Waals surface area contributed by atoms with Crippen molar-refractivity contribution >= 4 is 5.91 Å². The number of amides is 1. The second-order valence-electron chi connectivity index (χ2n) is 3.39. The lowest BCUT2D eigenvalue weighted by molar-refractivity contribution is 0.0699. The molecule has 0 spiro atoms. The normalized spacial score (nSPS) is 10.0. The number of carbonyl (C=O) groups is 1. The Kier molecular flexibility index (Phi) is 3.86. The second kappa shape index (κ2) is 5.15. The molecule has 0 radical (unpaired) electrons. The first kappa shape index (κ1) is 11.2. The Hall–Kier alpha value is -1.83. The summed E-state index contributed by atoms with van der Waals surface area (Å²) >= 11 is 0. The van der Waals surface area contributed by atoms with Crippen LogP contribution in [0.4, 0.5) is 0 Å². The van der Waals surface area contributed by atoms with Crippen LogP contribution >= 0.6 is 0 Å². The van der Waals surface area contributed by atoms with Crippen molar-refractivity contribution in [3.63, 3.8) is 0 Å². The van der Waals surface area contributed by atoms with Crippen molar-refractivity contribution in [2.45, 2.75) is 26.3 Å². The number of hydrogen-bond acceptors (Lipinski definition) is 4. The third-order valence-electron chi connectivity index (χ3n) is 2.01. The van der Waals surface area contributed by atoms with Gasteiger partial charge in [-0.05, 0) is 13.8 Å². The van der Waals surface area contributed by atoms with Crippen molar-refractivity contribution in [3.05, 3.63) is 18.0 Å². The van der Waals surface area contributed by atoms with E-state index in [1.807, 2.05) is 19.9 Å². The number of hydrogen-bond donors (Lipinski definition) is 0. The van der Waals surface area contributed by atoms with Gasteiger partial charge in [0.2, 0.25) is 0 Å². The summed E-state index contributed by atoms with van der Waals surface area (Å²) in [5.41, 5.74) is 0.279. The van der Waals surface area contributed by atoms with Crippen molar-refractivity contribution in [2.75, 3.05) is 6.54 Å².